The van der Waals surface area contributed by atoms with Crippen LogP contribution in [0.2, 0.25) is 0 Å². The smallest absolute Gasteiger partial charge is 0.125 e. The second-order valence-electron chi connectivity index (χ2n) is 6.11. The highest BCUT2D eigenvalue weighted by atomic mass is 16.5. The van der Waals surface area contributed by atoms with Gasteiger partial charge >= 0.3 is 0 Å². The summed E-state index contributed by atoms with van der Waals surface area (Å²) in [4.78, 5) is 2.56. The van der Waals surface area contributed by atoms with Crippen LogP contribution in [0.4, 0.5) is 0 Å². The molecule has 1 aromatic rings. The van der Waals surface area contributed by atoms with Crippen molar-refractivity contribution in [1.29, 1.82) is 0 Å². The molecule has 0 saturated carbocycles. The number of nitrogens with zero attached hydrogens (tertiary/aromatic N) is 1. The first-order valence-electron chi connectivity index (χ1n) is 8.36. The van der Waals surface area contributed by atoms with Crippen molar-refractivity contribution in [3.63, 3.8) is 0 Å². The molecule has 0 bridgehead atoms. The van der Waals surface area contributed by atoms with Gasteiger partial charge in [0.25, 0.3) is 0 Å². The predicted octanol–water partition coefficient (Wildman–Crippen LogP) is 2.93. The molecule has 1 aromatic carbocycles. The van der Waals surface area contributed by atoms with Crippen LogP contribution >= 0.6 is 0 Å². The SMILES string of the molecule is CCCOc1c(C)cc(C)cc1CCCN1CCNCC1. The zero-order valence-electron chi connectivity index (χ0n) is 13.9. The van der Waals surface area contributed by atoms with Crippen molar-refractivity contribution in [3.05, 3.63) is 28.8 Å². The largest absolute Gasteiger partial charge is 0.493 e. The average Bonchev–Trinajstić information content (AvgIpc) is 2.47. The monoisotopic (exact) mass is 290 g/mol. The van der Waals surface area contributed by atoms with E-state index in [9.17, 15) is 0 Å². The Morgan fingerprint density at radius 1 is 1.19 bits per heavy atom. The zero-order valence-corrected chi connectivity index (χ0v) is 13.9. The third-order valence-electron chi connectivity index (χ3n) is 4.08. The summed E-state index contributed by atoms with van der Waals surface area (Å²) in [5.41, 5.74) is 4.00. The normalized spacial score (nSPS) is 16.1. The summed E-state index contributed by atoms with van der Waals surface area (Å²) in [6.07, 6.45) is 3.39. The number of nitrogens with one attached hydrogen (secondary N) is 1. The Hall–Kier alpha value is -1.06. The van der Waals surface area contributed by atoms with Gasteiger partial charge in [-0.15, -0.1) is 0 Å². The van der Waals surface area contributed by atoms with Gasteiger partial charge in [0.1, 0.15) is 5.75 Å². The van der Waals surface area contributed by atoms with Crippen LogP contribution in [0.5, 0.6) is 5.75 Å². The molecule has 1 heterocycles. The molecule has 1 aliphatic heterocycles. The summed E-state index contributed by atoms with van der Waals surface area (Å²) in [6, 6.07) is 4.53. The summed E-state index contributed by atoms with van der Waals surface area (Å²) in [5, 5.41) is 3.41. The number of hydrogen-bond acceptors (Lipinski definition) is 3. The molecule has 1 N–H and O–H groups in total. The van der Waals surface area contributed by atoms with Crippen LogP contribution in [0.3, 0.4) is 0 Å². The van der Waals surface area contributed by atoms with E-state index in [1.165, 1.54) is 42.7 Å². The van der Waals surface area contributed by atoms with Gasteiger partial charge in [0.05, 0.1) is 6.61 Å². The van der Waals surface area contributed by atoms with Gasteiger partial charge in [0.15, 0.2) is 0 Å². The van der Waals surface area contributed by atoms with E-state index in [0.29, 0.717) is 0 Å². The molecule has 3 nitrogen and oxygen atoms in total. The number of piperazine rings is 1. The average molecular weight is 290 g/mol. The first kappa shape index (κ1) is 16.3. The van der Waals surface area contributed by atoms with Crippen LogP contribution in [-0.4, -0.2) is 44.2 Å². The highest BCUT2D eigenvalue weighted by molar-refractivity contribution is 5.44. The molecular weight excluding hydrogens is 260 g/mol. The summed E-state index contributed by atoms with van der Waals surface area (Å²) >= 11 is 0. The summed E-state index contributed by atoms with van der Waals surface area (Å²) in [6.45, 7) is 13.2. The Morgan fingerprint density at radius 3 is 2.67 bits per heavy atom. The fourth-order valence-corrected chi connectivity index (χ4v) is 3.07. The van der Waals surface area contributed by atoms with Gasteiger partial charge < -0.3 is 15.0 Å². The minimum atomic E-state index is 0.814. The lowest BCUT2D eigenvalue weighted by molar-refractivity contribution is 0.238. The van der Waals surface area contributed by atoms with Crippen LogP contribution in [-0.2, 0) is 6.42 Å². The Morgan fingerprint density at radius 2 is 1.95 bits per heavy atom. The van der Waals surface area contributed by atoms with E-state index in [0.717, 1.165) is 38.3 Å². The molecule has 0 aromatic heterocycles. The third-order valence-corrected chi connectivity index (χ3v) is 4.08. The summed E-state index contributed by atoms with van der Waals surface area (Å²) in [7, 11) is 0. The molecule has 0 amide bonds. The lowest BCUT2D eigenvalue weighted by Crippen LogP contribution is -2.43. The lowest BCUT2D eigenvalue weighted by atomic mass is 10.0. The number of aryl methyl sites for hydroxylation is 3. The fraction of sp³-hybridized carbons (Fsp3) is 0.667. The first-order chi connectivity index (χ1) is 10.2. The molecule has 0 atom stereocenters. The second-order valence-corrected chi connectivity index (χ2v) is 6.11. The third kappa shape index (κ3) is 5.01. The lowest BCUT2D eigenvalue weighted by Gasteiger charge is -2.27. The van der Waals surface area contributed by atoms with Crippen LogP contribution in [0, 0.1) is 13.8 Å². The Bertz CT molecular complexity index is 439. The van der Waals surface area contributed by atoms with Gasteiger partial charge in [-0.05, 0) is 50.8 Å². The maximum Gasteiger partial charge on any atom is 0.125 e. The van der Waals surface area contributed by atoms with E-state index in [-0.39, 0.29) is 0 Å². The van der Waals surface area contributed by atoms with E-state index in [4.69, 9.17) is 4.74 Å². The van der Waals surface area contributed by atoms with Crippen molar-refractivity contribution in [1.82, 2.24) is 10.2 Å². The minimum Gasteiger partial charge on any atom is -0.493 e. The molecule has 0 unspecified atom stereocenters. The van der Waals surface area contributed by atoms with E-state index in [2.05, 4.69) is 43.1 Å². The van der Waals surface area contributed by atoms with E-state index >= 15 is 0 Å². The van der Waals surface area contributed by atoms with Crippen molar-refractivity contribution in [2.45, 2.75) is 40.0 Å². The van der Waals surface area contributed by atoms with E-state index < -0.39 is 0 Å². The molecule has 2 rings (SSSR count). The minimum absolute atomic E-state index is 0.814. The summed E-state index contributed by atoms with van der Waals surface area (Å²) < 4.78 is 5.99. The van der Waals surface area contributed by atoms with E-state index in [1.807, 2.05) is 0 Å². The molecule has 1 aliphatic rings. The maximum absolute atomic E-state index is 5.99. The van der Waals surface area contributed by atoms with Crippen LogP contribution in [0.1, 0.15) is 36.5 Å². The van der Waals surface area contributed by atoms with Crippen molar-refractivity contribution >= 4 is 0 Å². The molecule has 0 radical (unpaired) electrons. The zero-order chi connectivity index (χ0) is 15.1. The van der Waals surface area contributed by atoms with Crippen molar-refractivity contribution in [2.75, 3.05) is 39.3 Å². The Labute approximate surface area is 129 Å². The Balaban J connectivity index is 1.93. The van der Waals surface area contributed by atoms with Crippen LogP contribution < -0.4 is 10.1 Å². The van der Waals surface area contributed by atoms with Gasteiger partial charge in [-0.1, -0.05) is 24.6 Å². The number of benzene rings is 1. The quantitative estimate of drug-likeness (QED) is 0.835. The molecule has 0 spiro atoms. The molecule has 1 saturated heterocycles. The number of hydrogen-bond donors (Lipinski definition) is 1. The van der Waals surface area contributed by atoms with E-state index in [1.54, 1.807) is 0 Å². The van der Waals surface area contributed by atoms with Gasteiger partial charge in [-0.3, -0.25) is 0 Å². The van der Waals surface area contributed by atoms with Gasteiger partial charge in [-0.2, -0.15) is 0 Å². The summed E-state index contributed by atoms with van der Waals surface area (Å²) in [5.74, 6) is 1.13. The van der Waals surface area contributed by atoms with Gasteiger partial charge in [0, 0.05) is 26.2 Å². The highest BCUT2D eigenvalue weighted by Crippen LogP contribution is 2.27. The highest BCUT2D eigenvalue weighted by Gasteiger charge is 2.11. The van der Waals surface area contributed by atoms with Gasteiger partial charge in [0.2, 0.25) is 0 Å². The molecule has 21 heavy (non-hydrogen) atoms. The topological polar surface area (TPSA) is 24.5 Å². The molecule has 118 valence electrons. The molecule has 0 aliphatic carbocycles. The van der Waals surface area contributed by atoms with Gasteiger partial charge in [-0.25, -0.2) is 0 Å². The van der Waals surface area contributed by atoms with Crippen molar-refractivity contribution in [3.8, 4) is 5.75 Å². The van der Waals surface area contributed by atoms with Crippen molar-refractivity contribution in [2.24, 2.45) is 0 Å². The molecule has 3 heteroatoms. The second kappa shape index (κ2) is 8.40. The standard InChI is InChI=1S/C18H30N2O/c1-4-12-21-18-16(3)13-15(2)14-17(18)6-5-9-20-10-7-19-8-11-20/h13-14,19H,4-12H2,1-3H3. The first-order valence-corrected chi connectivity index (χ1v) is 8.36. The van der Waals surface area contributed by atoms with Crippen LogP contribution in [0.15, 0.2) is 12.1 Å². The molecule has 1 fully saturated rings. The molecular formula is C18H30N2O. The number of rotatable bonds is 7. The number of ether oxygens (including phenoxy) is 1. The fourth-order valence-electron chi connectivity index (χ4n) is 3.07. The van der Waals surface area contributed by atoms with Crippen LogP contribution in [0.25, 0.3) is 0 Å². The predicted molar refractivity (Wildman–Crippen MR) is 89.3 cm³/mol. The van der Waals surface area contributed by atoms with Crippen molar-refractivity contribution < 1.29 is 4.74 Å². The Kier molecular flexibility index (Phi) is 6.52. The maximum atomic E-state index is 5.99.